The number of benzene rings is 2. The number of carbonyl (C=O) groups excluding carboxylic acids is 1. The summed E-state index contributed by atoms with van der Waals surface area (Å²) >= 11 is 0. The Morgan fingerprint density at radius 2 is 1.97 bits per heavy atom. The van der Waals surface area contributed by atoms with Gasteiger partial charge in [-0.05, 0) is 80.9 Å². The fourth-order valence-corrected chi connectivity index (χ4v) is 3.53. The maximum atomic E-state index is 12.7. The van der Waals surface area contributed by atoms with Crippen LogP contribution < -0.4 is 19.7 Å². The quantitative estimate of drug-likeness (QED) is 0.461. The standard InChI is InChI=1S/C24H31N3O3/c1-4-14-26(2)15-5-6-17-30-22-11-12-23-19(18-22)13-16-27(23)24(28)25-20-7-9-21(29-3)10-8-20/h4,7-12,18H,1,5-6,13-17H2,2-3H3,(H,25,28). The molecule has 0 aliphatic carbocycles. The molecule has 0 radical (unpaired) electrons. The van der Waals surface area contributed by atoms with Crippen molar-refractivity contribution in [2.45, 2.75) is 19.3 Å². The second-order valence-electron chi connectivity index (χ2n) is 7.46. The summed E-state index contributed by atoms with van der Waals surface area (Å²) in [6.07, 6.45) is 4.85. The Kier molecular flexibility index (Phi) is 7.74. The summed E-state index contributed by atoms with van der Waals surface area (Å²) in [5, 5.41) is 2.95. The van der Waals surface area contributed by atoms with Crippen molar-refractivity contribution in [2.24, 2.45) is 0 Å². The third kappa shape index (κ3) is 5.76. The van der Waals surface area contributed by atoms with Crippen LogP contribution in [0.4, 0.5) is 16.2 Å². The first kappa shape index (κ1) is 21.7. The van der Waals surface area contributed by atoms with Gasteiger partial charge in [0.2, 0.25) is 0 Å². The predicted molar refractivity (Wildman–Crippen MR) is 122 cm³/mol. The van der Waals surface area contributed by atoms with Gasteiger partial charge in [-0.1, -0.05) is 6.08 Å². The summed E-state index contributed by atoms with van der Waals surface area (Å²) in [6.45, 7) is 7.07. The van der Waals surface area contributed by atoms with E-state index < -0.39 is 0 Å². The Labute approximate surface area is 179 Å². The van der Waals surface area contributed by atoms with E-state index in [9.17, 15) is 4.79 Å². The molecule has 1 aliphatic heterocycles. The number of nitrogens with zero attached hydrogens (tertiary/aromatic N) is 2. The van der Waals surface area contributed by atoms with E-state index in [4.69, 9.17) is 9.47 Å². The van der Waals surface area contributed by atoms with Crippen LogP contribution >= 0.6 is 0 Å². The van der Waals surface area contributed by atoms with Crippen LogP contribution in [0.15, 0.2) is 55.1 Å². The maximum absolute atomic E-state index is 12.7. The molecule has 0 atom stereocenters. The maximum Gasteiger partial charge on any atom is 0.326 e. The molecule has 6 nitrogen and oxygen atoms in total. The van der Waals surface area contributed by atoms with Crippen LogP contribution in [-0.2, 0) is 6.42 Å². The van der Waals surface area contributed by atoms with Crippen molar-refractivity contribution in [3.05, 3.63) is 60.7 Å². The molecule has 0 aromatic heterocycles. The third-order valence-corrected chi connectivity index (χ3v) is 5.18. The molecule has 0 saturated heterocycles. The van der Waals surface area contributed by atoms with Gasteiger partial charge in [-0.15, -0.1) is 6.58 Å². The number of hydrogen-bond donors (Lipinski definition) is 1. The van der Waals surface area contributed by atoms with E-state index in [1.807, 2.05) is 42.5 Å². The van der Waals surface area contributed by atoms with Gasteiger partial charge in [0.05, 0.1) is 13.7 Å². The van der Waals surface area contributed by atoms with E-state index in [-0.39, 0.29) is 6.03 Å². The molecule has 1 heterocycles. The molecule has 2 amide bonds. The Balaban J connectivity index is 1.49. The van der Waals surface area contributed by atoms with Crippen molar-refractivity contribution in [3.63, 3.8) is 0 Å². The summed E-state index contributed by atoms with van der Waals surface area (Å²) in [5.74, 6) is 1.63. The van der Waals surface area contributed by atoms with Crippen molar-refractivity contribution in [1.82, 2.24) is 4.90 Å². The lowest BCUT2D eigenvalue weighted by molar-refractivity contribution is 0.257. The third-order valence-electron chi connectivity index (χ3n) is 5.18. The highest BCUT2D eigenvalue weighted by atomic mass is 16.5. The first-order chi connectivity index (χ1) is 14.6. The summed E-state index contributed by atoms with van der Waals surface area (Å²) in [5.41, 5.74) is 2.83. The lowest BCUT2D eigenvalue weighted by Gasteiger charge is -2.18. The average Bonchev–Trinajstić information content (AvgIpc) is 3.17. The number of ether oxygens (including phenoxy) is 2. The zero-order chi connectivity index (χ0) is 21.3. The van der Waals surface area contributed by atoms with Crippen LogP contribution in [-0.4, -0.2) is 51.3 Å². The molecule has 3 rings (SSSR count). The lowest BCUT2D eigenvalue weighted by atomic mass is 10.1. The topological polar surface area (TPSA) is 54.0 Å². The molecule has 6 heteroatoms. The molecule has 2 aromatic rings. The molecular formula is C24H31N3O3. The fourth-order valence-electron chi connectivity index (χ4n) is 3.53. The second kappa shape index (κ2) is 10.7. The lowest BCUT2D eigenvalue weighted by Crippen LogP contribution is -2.33. The van der Waals surface area contributed by atoms with Crippen molar-refractivity contribution in [1.29, 1.82) is 0 Å². The number of unbranched alkanes of at least 4 members (excludes halogenated alkanes) is 1. The van der Waals surface area contributed by atoms with Gasteiger partial charge < -0.3 is 19.7 Å². The number of nitrogens with one attached hydrogen (secondary N) is 1. The first-order valence-corrected chi connectivity index (χ1v) is 10.4. The van der Waals surface area contributed by atoms with E-state index >= 15 is 0 Å². The van der Waals surface area contributed by atoms with Gasteiger partial charge in [0.15, 0.2) is 0 Å². The van der Waals surface area contributed by atoms with Crippen LogP contribution in [0.5, 0.6) is 11.5 Å². The van der Waals surface area contributed by atoms with Gasteiger partial charge in [-0.25, -0.2) is 4.79 Å². The highest BCUT2D eigenvalue weighted by Gasteiger charge is 2.25. The normalized spacial score (nSPS) is 12.6. The van der Waals surface area contributed by atoms with Gasteiger partial charge in [-0.2, -0.15) is 0 Å². The van der Waals surface area contributed by atoms with E-state index in [1.165, 1.54) is 0 Å². The Morgan fingerprint density at radius 3 is 2.70 bits per heavy atom. The number of rotatable bonds is 10. The Hall–Kier alpha value is -2.99. The van der Waals surface area contributed by atoms with E-state index in [1.54, 1.807) is 12.0 Å². The summed E-state index contributed by atoms with van der Waals surface area (Å²) < 4.78 is 11.1. The van der Waals surface area contributed by atoms with Gasteiger partial charge in [0.1, 0.15) is 11.5 Å². The largest absolute Gasteiger partial charge is 0.497 e. The predicted octanol–water partition coefficient (Wildman–Crippen LogP) is 4.57. The Bertz CT molecular complexity index is 851. The van der Waals surface area contributed by atoms with Gasteiger partial charge in [0, 0.05) is 24.5 Å². The first-order valence-electron chi connectivity index (χ1n) is 10.4. The summed E-state index contributed by atoms with van der Waals surface area (Å²) in [7, 11) is 3.72. The fraction of sp³-hybridized carbons (Fsp3) is 0.375. The van der Waals surface area contributed by atoms with Crippen molar-refractivity contribution in [2.75, 3.05) is 50.6 Å². The van der Waals surface area contributed by atoms with E-state index in [2.05, 4.69) is 29.9 Å². The SMILES string of the molecule is C=CCN(C)CCCCOc1ccc2c(c1)CCN2C(=O)Nc1ccc(OC)cc1. The monoisotopic (exact) mass is 409 g/mol. The van der Waals surface area contributed by atoms with E-state index in [0.717, 1.165) is 60.8 Å². The van der Waals surface area contributed by atoms with Crippen molar-refractivity contribution in [3.8, 4) is 11.5 Å². The highest BCUT2D eigenvalue weighted by molar-refractivity contribution is 6.03. The van der Waals surface area contributed by atoms with Crippen LogP contribution in [0.2, 0.25) is 0 Å². The molecular weight excluding hydrogens is 378 g/mol. The summed E-state index contributed by atoms with van der Waals surface area (Å²) in [4.78, 5) is 16.7. The van der Waals surface area contributed by atoms with Crippen molar-refractivity contribution >= 4 is 17.4 Å². The molecule has 30 heavy (non-hydrogen) atoms. The minimum Gasteiger partial charge on any atom is -0.497 e. The van der Waals surface area contributed by atoms with Gasteiger partial charge >= 0.3 is 6.03 Å². The smallest absolute Gasteiger partial charge is 0.326 e. The van der Waals surface area contributed by atoms with Gasteiger partial charge in [-0.3, -0.25) is 4.90 Å². The number of hydrogen-bond acceptors (Lipinski definition) is 4. The molecule has 0 bridgehead atoms. The number of amides is 2. The average molecular weight is 410 g/mol. The molecule has 1 N–H and O–H groups in total. The molecule has 0 saturated carbocycles. The molecule has 1 aliphatic rings. The van der Waals surface area contributed by atoms with Crippen LogP contribution in [0.1, 0.15) is 18.4 Å². The number of carbonyl (C=O) groups is 1. The van der Waals surface area contributed by atoms with E-state index in [0.29, 0.717) is 13.2 Å². The zero-order valence-electron chi connectivity index (χ0n) is 17.9. The molecule has 0 fully saturated rings. The number of fused-ring (bicyclic) bond motifs is 1. The second-order valence-corrected chi connectivity index (χ2v) is 7.46. The van der Waals surface area contributed by atoms with Crippen LogP contribution in [0, 0.1) is 0 Å². The zero-order valence-corrected chi connectivity index (χ0v) is 17.9. The molecule has 160 valence electrons. The van der Waals surface area contributed by atoms with Crippen LogP contribution in [0.3, 0.4) is 0 Å². The summed E-state index contributed by atoms with van der Waals surface area (Å²) in [6, 6.07) is 13.2. The Morgan fingerprint density at radius 1 is 1.20 bits per heavy atom. The molecule has 0 unspecified atom stereocenters. The van der Waals surface area contributed by atoms with Gasteiger partial charge in [0.25, 0.3) is 0 Å². The van der Waals surface area contributed by atoms with Crippen LogP contribution in [0.25, 0.3) is 0 Å². The minimum atomic E-state index is -0.128. The van der Waals surface area contributed by atoms with Crippen molar-refractivity contribution < 1.29 is 14.3 Å². The number of methoxy groups -OCH3 is 1. The highest BCUT2D eigenvalue weighted by Crippen LogP contribution is 2.32. The number of urea groups is 1. The molecule has 0 spiro atoms. The number of anilines is 2. The molecule has 2 aromatic carbocycles. The minimum absolute atomic E-state index is 0.128. The number of likely N-dealkylation sites (N-methyl/N-ethyl adjacent to an activating group) is 1.